The van der Waals surface area contributed by atoms with Gasteiger partial charge >= 0.3 is 6.03 Å². The van der Waals surface area contributed by atoms with Crippen LogP contribution in [0.3, 0.4) is 0 Å². The molecule has 0 aromatic heterocycles. The molecule has 6 heteroatoms. The molecule has 0 saturated carbocycles. The van der Waals surface area contributed by atoms with Crippen molar-refractivity contribution in [3.05, 3.63) is 65.7 Å². The molecule has 0 bridgehead atoms. The van der Waals surface area contributed by atoms with E-state index in [1.165, 1.54) is 30.3 Å². The smallest absolute Gasteiger partial charge is 0.319 e. The number of halogens is 2. The Bertz CT molecular complexity index is 767. The number of benzene rings is 2. The standard InChI is InChI=1S/C22H27F2N3O/c23-19-8-10-20(11-9-19)26-22(28)25-12-4-14-27-13-3-5-17(16-27)15-18-6-1-2-7-21(18)24/h1-2,6-11,17H,3-5,12-16H2,(H2,25,26,28). The van der Waals surface area contributed by atoms with Gasteiger partial charge in [0.05, 0.1) is 0 Å². The Kier molecular flexibility index (Phi) is 7.37. The number of urea groups is 1. The van der Waals surface area contributed by atoms with E-state index >= 15 is 0 Å². The molecule has 1 heterocycles. The molecule has 2 aromatic rings. The lowest BCUT2D eigenvalue weighted by Gasteiger charge is -2.33. The van der Waals surface area contributed by atoms with Crippen molar-refractivity contribution in [2.75, 3.05) is 31.5 Å². The van der Waals surface area contributed by atoms with Crippen LogP contribution >= 0.6 is 0 Å². The van der Waals surface area contributed by atoms with E-state index in [2.05, 4.69) is 15.5 Å². The number of amides is 2. The predicted molar refractivity (Wildman–Crippen MR) is 107 cm³/mol. The fourth-order valence-corrected chi connectivity index (χ4v) is 3.71. The second-order valence-electron chi connectivity index (χ2n) is 7.35. The Morgan fingerprint density at radius 1 is 1.11 bits per heavy atom. The lowest BCUT2D eigenvalue weighted by molar-refractivity contribution is 0.172. The first-order chi connectivity index (χ1) is 13.6. The number of piperidine rings is 1. The zero-order valence-electron chi connectivity index (χ0n) is 16.0. The molecule has 1 unspecified atom stereocenters. The molecule has 2 N–H and O–H groups in total. The number of carbonyl (C=O) groups is 1. The summed E-state index contributed by atoms with van der Waals surface area (Å²) in [6, 6.07) is 12.4. The van der Waals surface area contributed by atoms with Gasteiger partial charge in [-0.15, -0.1) is 0 Å². The summed E-state index contributed by atoms with van der Waals surface area (Å²) in [7, 11) is 0. The van der Waals surface area contributed by atoms with Crippen molar-refractivity contribution in [2.24, 2.45) is 5.92 Å². The van der Waals surface area contributed by atoms with Crippen LogP contribution in [0, 0.1) is 17.6 Å². The van der Waals surface area contributed by atoms with E-state index in [1.54, 1.807) is 6.07 Å². The van der Waals surface area contributed by atoms with Crippen LogP contribution in [0.1, 0.15) is 24.8 Å². The molecule has 0 aliphatic carbocycles. The molecule has 28 heavy (non-hydrogen) atoms. The van der Waals surface area contributed by atoms with Crippen molar-refractivity contribution in [3.8, 4) is 0 Å². The minimum atomic E-state index is -0.333. The Balaban J connectivity index is 1.34. The Morgan fingerprint density at radius 2 is 1.89 bits per heavy atom. The van der Waals surface area contributed by atoms with E-state index in [0.717, 1.165) is 50.9 Å². The third-order valence-electron chi connectivity index (χ3n) is 5.11. The number of hydrogen-bond donors (Lipinski definition) is 2. The van der Waals surface area contributed by atoms with E-state index in [9.17, 15) is 13.6 Å². The normalized spacial score (nSPS) is 17.3. The molecular formula is C22H27F2N3O. The highest BCUT2D eigenvalue weighted by Crippen LogP contribution is 2.22. The number of nitrogens with one attached hydrogen (secondary N) is 2. The molecule has 1 aliphatic rings. The number of nitrogens with zero attached hydrogens (tertiary/aromatic N) is 1. The molecule has 2 amide bonds. The van der Waals surface area contributed by atoms with Gasteiger partial charge in [0.1, 0.15) is 11.6 Å². The zero-order valence-corrected chi connectivity index (χ0v) is 16.0. The Morgan fingerprint density at radius 3 is 2.68 bits per heavy atom. The third-order valence-corrected chi connectivity index (χ3v) is 5.11. The lowest BCUT2D eigenvalue weighted by Crippen LogP contribution is -2.38. The van der Waals surface area contributed by atoms with Crippen LogP contribution in [0.2, 0.25) is 0 Å². The van der Waals surface area contributed by atoms with Gasteiger partial charge in [0, 0.05) is 18.8 Å². The van der Waals surface area contributed by atoms with Gasteiger partial charge in [0.2, 0.25) is 0 Å². The summed E-state index contributed by atoms with van der Waals surface area (Å²) in [6.45, 7) is 3.50. The number of likely N-dealkylation sites (tertiary alicyclic amines) is 1. The second kappa shape index (κ2) is 10.2. The number of rotatable bonds is 7. The summed E-state index contributed by atoms with van der Waals surface area (Å²) in [5, 5.41) is 5.51. The van der Waals surface area contributed by atoms with E-state index in [-0.39, 0.29) is 17.7 Å². The fourth-order valence-electron chi connectivity index (χ4n) is 3.71. The number of carbonyl (C=O) groups excluding carboxylic acids is 1. The number of hydrogen-bond acceptors (Lipinski definition) is 2. The highest BCUT2D eigenvalue weighted by atomic mass is 19.1. The molecule has 150 valence electrons. The summed E-state index contributed by atoms with van der Waals surface area (Å²) < 4.78 is 26.7. The van der Waals surface area contributed by atoms with Crippen LogP contribution in [0.4, 0.5) is 19.3 Å². The molecule has 1 fully saturated rings. The molecule has 3 rings (SSSR count). The molecule has 1 saturated heterocycles. The first-order valence-electron chi connectivity index (χ1n) is 9.86. The minimum absolute atomic E-state index is 0.115. The summed E-state index contributed by atoms with van der Waals surface area (Å²) >= 11 is 0. The number of anilines is 1. The van der Waals surface area contributed by atoms with E-state index in [1.807, 2.05) is 12.1 Å². The molecule has 0 spiro atoms. The van der Waals surface area contributed by atoms with Crippen molar-refractivity contribution in [3.63, 3.8) is 0 Å². The second-order valence-corrected chi connectivity index (χ2v) is 7.35. The Hall–Kier alpha value is -2.47. The van der Waals surface area contributed by atoms with Crippen LogP contribution in [0.5, 0.6) is 0 Å². The average molecular weight is 387 g/mol. The predicted octanol–water partition coefficient (Wildman–Crippen LogP) is 4.43. The van der Waals surface area contributed by atoms with Gasteiger partial charge in [-0.2, -0.15) is 0 Å². The maximum atomic E-state index is 13.9. The van der Waals surface area contributed by atoms with Crippen LogP contribution in [0.25, 0.3) is 0 Å². The summed E-state index contributed by atoms with van der Waals surface area (Å²) in [6.07, 6.45) is 3.88. The molecule has 0 radical (unpaired) electrons. The van der Waals surface area contributed by atoms with Crippen LogP contribution in [-0.2, 0) is 6.42 Å². The molecular weight excluding hydrogens is 360 g/mol. The fraction of sp³-hybridized carbons (Fsp3) is 0.409. The molecule has 4 nitrogen and oxygen atoms in total. The van der Waals surface area contributed by atoms with Crippen LogP contribution in [-0.4, -0.2) is 37.1 Å². The lowest BCUT2D eigenvalue weighted by atomic mass is 9.91. The summed E-state index contributed by atoms with van der Waals surface area (Å²) in [5.74, 6) is 0.0252. The summed E-state index contributed by atoms with van der Waals surface area (Å²) in [4.78, 5) is 14.3. The van der Waals surface area contributed by atoms with Gasteiger partial charge in [-0.1, -0.05) is 18.2 Å². The van der Waals surface area contributed by atoms with Crippen LogP contribution in [0.15, 0.2) is 48.5 Å². The molecule has 1 atom stereocenters. The van der Waals surface area contributed by atoms with Gasteiger partial charge in [0.25, 0.3) is 0 Å². The maximum absolute atomic E-state index is 13.9. The topological polar surface area (TPSA) is 44.4 Å². The van der Waals surface area contributed by atoms with Crippen molar-refractivity contribution in [2.45, 2.75) is 25.7 Å². The van der Waals surface area contributed by atoms with Gasteiger partial charge < -0.3 is 15.5 Å². The van der Waals surface area contributed by atoms with E-state index in [4.69, 9.17) is 0 Å². The zero-order chi connectivity index (χ0) is 19.8. The van der Waals surface area contributed by atoms with Crippen molar-refractivity contribution < 1.29 is 13.6 Å². The van der Waals surface area contributed by atoms with Crippen molar-refractivity contribution in [1.82, 2.24) is 10.2 Å². The largest absolute Gasteiger partial charge is 0.338 e. The summed E-state index contributed by atoms with van der Waals surface area (Å²) in [5.41, 5.74) is 1.36. The van der Waals surface area contributed by atoms with Crippen molar-refractivity contribution >= 4 is 11.7 Å². The van der Waals surface area contributed by atoms with E-state index < -0.39 is 0 Å². The van der Waals surface area contributed by atoms with Gasteiger partial charge in [-0.25, -0.2) is 13.6 Å². The highest BCUT2D eigenvalue weighted by Gasteiger charge is 2.20. The van der Waals surface area contributed by atoms with Gasteiger partial charge in [-0.3, -0.25) is 0 Å². The monoisotopic (exact) mass is 387 g/mol. The maximum Gasteiger partial charge on any atom is 0.319 e. The highest BCUT2D eigenvalue weighted by molar-refractivity contribution is 5.89. The van der Waals surface area contributed by atoms with Crippen LogP contribution < -0.4 is 10.6 Å². The SMILES string of the molecule is O=C(NCCCN1CCCC(Cc2ccccc2F)C1)Nc1ccc(F)cc1. The third kappa shape index (κ3) is 6.30. The first kappa shape index (κ1) is 20.3. The molecule has 1 aliphatic heterocycles. The molecule has 2 aromatic carbocycles. The van der Waals surface area contributed by atoms with Crippen molar-refractivity contribution in [1.29, 1.82) is 0 Å². The first-order valence-corrected chi connectivity index (χ1v) is 9.86. The minimum Gasteiger partial charge on any atom is -0.338 e. The quantitative estimate of drug-likeness (QED) is 0.691. The van der Waals surface area contributed by atoms with E-state index in [0.29, 0.717) is 18.2 Å². The van der Waals surface area contributed by atoms with Gasteiger partial charge in [0.15, 0.2) is 0 Å². The Labute approximate surface area is 164 Å². The average Bonchev–Trinajstić information content (AvgIpc) is 2.69. The van der Waals surface area contributed by atoms with Gasteiger partial charge in [-0.05, 0) is 80.6 Å².